The normalized spacial score (nSPS) is 12.8. The number of benzene rings is 2. The highest BCUT2D eigenvalue weighted by molar-refractivity contribution is 7.86. The molecule has 0 saturated carbocycles. The van der Waals surface area contributed by atoms with E-state index < -0.39 is 20.2 Å². The van der Waals surface area contributed by atoms with Gasteiger partial charge in [0.15, 0.2) is 0 Å². The van der Waals surface area contributed by atoms with Gasteiger partial charge in [0, 0.05) is 0 Å². The van der Waals surface area contributed by atoms with E-state index in [4.69, 9.17) is 9.11 Å². The van der Waals surface area contributed by atoms with Gasteiger partial charge in [0.25, 0.3) is 20.2 Å². The van der Waals surface area contributed by atoms with Crippen LogP contribution in [0.25, 0.3) is 10.8 Å². The van der Waals surface area contributed by atoms with Crippen LogP contribution >= 0.6 is 0 Å². The molecule has 0 aliphatic rings. The number of hydrogen-bond donors (Lipinski definition) is 2. The second-order valence-corrected chi connectivity index (χ2v) is 6.46. The highest BCUT2D eigenvalue weighted by atomic mass is 32.2. The van der Waals surface area contributed by atoms with Crippen molar-refractivity contribution in [1.29, 1.82) is 0 Å². The van der Waals surface area contributed by atoms with Crippen molar-refractivity contribution in [1.82, 2.24) is 0 Å². The van der Waals surface area contributed by atoms with Crippen LogP contribution in [0.3, 0.4) is 0 Å². The molecule has 0 spiro atoms. The van der Waals surface area contributed by atoms with Crippen molar-refractivity contribution in [3.63, 3.8) is 0 Å². The minimum absolute atomic E-state index is 0.278. The highest BCUT2D eigenvalue weighted by Gasteiger charge is 2.13. The topological polar surface area (TPSA) is 109 Å². The van der Waals surface area contributed by atoms with Crippen LogP contribution in [-0.2, 0) is 20.2 Å². The third kappa shape index (κ3) is 2.51. The smallest absolute Gasteiger partial charge is 0.282 e. The van der Waals surface area contributed by atoms with E-state index in [1.54, 1.807) is 0 Å². The van der Waals surface area contributed by atoms with Gasteiger partial charge in [-0.25, -0.2) is 0 Å². The van der Waals surface area contributed by atoms with Gasteiger partial charge in [-0.05, 0) is 35.0 Å². The molecule has 0 fully saturated rings. The molecule has 0 aliphatic carbocycles. The van der Waals surface area contributed by atoms with Gasteiger partial charge in [-0.2, -0.15) is 16.8 Å². The fraction of sp³-hybridized carbons (Fsp3) is 0. The Bertz CT molecular complexity index is 754. The van der Waals surface area contributed by atoms with Crippen molar-refractivity contribution in [2.45, 2.75) is 9.79 Å². The molecule has 2 rings (SSSR count). The predicted octanol–water partition coefficient (Wildman–Crippen LogP) is 1.33. The Balaban J connectivity index is 2.76. The number of rotatable bonds is 2. The van der Waals surface area contributed by atoms with E-state index in [-0.39, 0.29) is 15.2 Å². The Morgan fingerprint density at radius 2 is 1.06 bits per heavy atom. The number of hydrogen-bond acceptors (Lipinski definition) is 4. The molecule has 0 aliphatic heterocycles. The van der Waals surface area contributed by atoms with Gasteiger partial charge in [-0.15, -0.1) is 0 Å². The van der Waals surface area contributed by atoms with Crippen LogP contribution in [0.15, 0.2) is 46.2 Å². The number of fused-ring (bicyclic) bond motifs is 1. The lowest BCUT2D eigenvalue weighted by molar-refractivity contribution is 0.481. The van der Waals surface area contributed by atoms with Gasteiger partial charge >= 0.3 is 0 Å². The maximum Gasteiger partial charge on any atom is 0.294 e. The summed E-state index contributed by atoms with van der Waals surface area (Å²) in [6.45, 7) is 0. The summed E-state index contributed by atoms with van der Waals surface area (Å²) in [4.78, 5) is -0.690. The van der Waals surface area contributed by atoms with Crippen molar-refractivity contribution in [2.24, 2.45) is 0 Å². The zero-order valence-corrected chi connectivity index (χ0v) is 10.4. The van der Waals surface area contributed by atoms with Gasteiger partial charge < -0.3 is 0 Å². The average molecular weight is 288 g/mol. The van der Waals surface area contributed by atoms with Crippen LogP contribution in [0.5, 0.6) is 0 Å². The van der Waals surface area contributed by atoms with Gasteiger partial charge in [-0.1, -0.05) is 12.1 Å². The molecule has 0 unspecified atom stereocenters. The molecule has 0 heterocycles. The maximum atomic E-state index is 10.9. The molecule has 96 valence electrons. The third-order valence-electron chi connectivity index (χ3n) is 2.38. The standard InChI is InChI=1S/C10H8O6S2/c11-17(12,13)9-3-1-7-2-4-10(18(14,15)16)6-8(7)5-9/h1-6H,(H,11,12,13)(H,14,15,16). The molecule has 2 aromatic rings. The summed E-state index contributed by atoms with van der Waals surface area (Å²) in [7, 11) is -8.71. The molecule has 0 radical (unpaired) electrons. The monoisotopic (exact) mass is 288 g/mol. The quantitative estimate of drug-likeness (QED) is 0.807. The fourth-order valence-electron chi connectivity index (χ4n) is 1.52. The Hall–Kier alpha value is -1.48. The molecular formula is C10H8O6S2. The first-order chi connectivity index (χ1) is 8.18. The van der Waals surface area contributed by atoms with E-state index in [0.29, 0.717) is 5.39 Å². The Labute approximate surface area is 103 Å². The molecule has 18 heavy (non-hydrogen) atoms. The van der Waals surface area contributed by atoms with Crippen LogP contribution in [0.1, 0.15) is 0 Å². The molecule has 8 heteroatoms. The van der Waals surface area contributed by atoms with Crippen LogP contribution < -0.4 is 0 Å². The zero-order valence-electron chi connectivity index (χ0n) is 8.81. The lowest BCUT2D eigenvalue weighted by Crippen LogP contribution is -1.99. The molecule has 2 aromatic carbocycles. The van der Waals surface area contributed by atoms with Crippen molar-refractivity contribution >= 4 is 31.0 Å². The molecule has 0 amide bonds. The van der Waals surface area contributed by atoms with E-state index in [2.05, 4.69) is 0 Å². The van der Waals surface area contributed by atoms with Crippen molar-refractivity contribution in [2.75, 3.05) is 0 Å². The lowest BCUT2D eigenvalue weighted by Gasteiger charge is -2.03. The van der Waals surface area contributed by atoms with Crippen molar-refractivity contribution < 1.29 is 25.9 Å². The Kier molecular flexibility index (Phi) is 2.90. The first-order valence-corrected chi connectivity index (χ1v) is 7.55. The molecule has 2 N–H and O–H groups in total. The van der Waals surface area contributed by atoms with E-state index in [9.17, 15) is 16.8 Å². The predicted molar refractivity (Wildman–Crippen MR) is 63.6 cm³/mol. The molecule has 0 aromatic heterocycles. The highest BCUT2D eigenvalue weighted by Crippen LogP contribution is 2.22. The summed E-state index contributed by atoms with van der Waals surface area (Å²) in [6, 6.07) is 7.49. The van der Waals surface area contributed by atoms with E-state index in [1.165, 1.54) is 24.3 Å². The summed E-state index contributed by atoms with van der Waals surface area (Å²) in [6.07, 6.45) is 0. The summed E-state index contributed by atoms with van der Waals surface area (Å²) in [5.74, 6) is 0. The van der Waals surface area contributed by atoms with Gasteiger partial charge in [-0.3, -0.25) is 9.11 Å². The van der Waals surface area contributed by atoms with Crippen LogP contribution in [0.4, 0.5) is 0 Å². The molecule has 0 atom stereocenters. The first kappa shape index (κ1) is 13.0. The van der Waals surface area contributed by atoms with Gasteiger partial charge in [0.2, 0.25) is 0 Å². The minimum Gasteiger partial charge on any atom is -0.282 e. The first-order valence-electron chi connectivity index (χ1n) is 4.67. The maximum absolute atomic E-state index is 10.9. The summed E-state index contributed by atoms with van der Waals surface area (Å²) < 4.78 is 61.5. The fourth-order valence-corrected chi connectivity index (χ4v) is 2.56. The molecule has 6 nitrogen and oxygen atoms in total. The Morgan fingerprint density at radius 1 is 0.667 bits per heavy atom. The summed E-state index contributed by atoms with van der Waals surface area (Å²) in [5, 5.41) is 0.857. The van der Waals surface area contributed by atoms with E-state index >= 15 is 0 Å². The van der Waals surface area contributed by atoms with Crippen LogP contribution in [-0.4, -0.2) is 25.9 Å². The van der Waals surface area contributed by atoms with E-state index in [1.807, 2.05) is 0 Å². The van der Waals surface area contributed by atoms with Gasteiger partial charge in [0.05, 0.1) is 9.79 Å². The third-order valence-corrected chi connectivity index (χ3v) is 4.08. The lowest BCUT2D eigenvalue weighted by atomic mass is 10.1. The van der Waals surface area contributed by atoms with E-state index in [0.717, 1.165) is 12.1 Å². The molecule has 0 saturated heterocycles. The SMILES string of the molecule is O=S(=O)(O)c1ccc2ccc(S(=O)(=O)O)cc2c1. The molecular weight excluding hydrogens is 280 g/mol. The summed E-state index contributed by atoms with van der Waals surface area (Å²) >= 11 is 0. The van der Waals surface area contributed by atoms with Crippen LogP contribution in [0.2, 0.25) is 0 Å². The minimum atomic E-state index is -4.35. The molecule has 0 bridgehead atoms. The largest absolute Gasteiger partial charge is 0.294 e. The van der Waals surface area contributed by atoms with Crippen molar-refractivity contribution in [3.8, 4) is 0 Å². The van der Waals surface area contributed by atoms with Crippen LogP contribution in [0, 0.1) is 0 Å². The zero-order chi connectivity index (χ0) is 13.6. The average Bonchev–Trinajstić information content (AvgIpc) is 2.25. The van der Waals surface area contributed by atoms with Crippen molar-refractivity contribution in [3.05, 3.63) is 36.4 Å². The van der Waals surface area contributed by atoms with Gasteiger partial charge in [0.1, 0.15) is 0 Å². The second-order valence-electron chi connectivity index (χ2n) is 3.62. The summed E-state index contributed by atoms with van der Waals surface area (Å²) in [5.41, 5.74) is 0. The Morgan fingerprint density at radius 3 is 1.39 bits per heavy atom. The second kappa shape index (κ2) is 4.02.